The number of aromatic nitrogens is 1. The van der Waals surface area contributed by atoms with Crippen molar-refractivity contribution in [3.05, 3.63) is 78.2 Å². The van der Waals surface area contributed by atoms with Crippen LogP contribution in [0.2, 0.25) is 0 Å². The molecule has 0 bridgehead atoms. The summed E-state index contributed by atoms with van der Waals surface area (Å²) >= 11 is 0. The smallest absolute Gasteiger partial charge is 0.161 e. The third-order valence-electron chi connectivity index (χ3n) is 6.31. The molecule has 4 rings (SSSR count). The number of nitriles is 1. The normalized spacial score (nSPS) is 23.3. The van der Waals surface area contributed by atoms with Crippen molar-refractivity contribution in [3.63, 3.8) is 0 Å². The van der Waals surface area contributed by atoms with Crippen LogP contribution in [0, 0.1) is 17.2 Å². The van der Waals surface area contributed by atoms with Gasteiger partial charge in [0.25, 0.3) is 0 Å². The topological polar surface area (TPSA) is 55.1 Å². The fraction of sp³-hybridized carbons (Fsp3) is 0.385. The van der Waals surface area contributed by atoms with Crippen molar-refractivity contribution < 1.29 is 9.47 Å². The number of hydrogen-bond acceptors (Lipinski definition) is 4. The molecule has 154 valence electrons. The van der Waals surface area contributed by atoms with Gasteiger partial charge in [0.1, 0.15) is 5.41 Å². The van der Waals surface area contributed by atoms with Gasteiger partial charge in [0, 0.05) is 18.3 Å². The van der Waals surface area contributed by atoms with Crippen LogP contribution in [0.4, 0.5) is 0 Å². The third-order valence-corrected chi connectivity index (χ3v) is 6.31. The molecule has 2 aliphatic carbocycles. The van der Waals surface area contributed by atoms with Crippen LogP contribution in [-0.4, -0.2) is 18.2 Å². The van der Waals surface area contributed by atoms with E-state index < -0.39 is 5.41 Å². The predicted octanol–water partition coefficient (Wildman–Crippen LogP) is 5.55. The van der Waals surface area contributed by atoms with Crippen LogP contribution in [0.25, 0.3) is 0 Å². The number of allylic oxidation sites excluding steroid dienone is 4. The Morgan fingerprint density at radius 3 is 2.63 bits per heavy atom. The zero-order valence-electron chi connectivity index (χ0n) is 17.5. The van der Waals surface area contributed by atoms with Crippen molar-refractivity contribution in [2.75, 3.05) is 7.11 Å². The molecule has 0 amide bonds. The molecule has 2 aromatic rings. The Kier molecular flexibility index (Phi) is 6.18. The van der Waals surface area contributed by atoms with Crippen molar-refractivity contribution in [3.8, 4) is 17.6 Å². The number of rotatable bonds is 7. The highest BCUT2D eigenvalue weighted by Crippen LogP contribution is 2.43. The minimum atomic E-state index is -0.720. The molecule has 4 nitrogen and oxygen atoms in total. The van der Waals surface area contributed by atoms with Gasteiger partial charge in [-0.1, -0.05) is 30.4 Å². The third kappa shape index (κ3) is 4.11. The van der Waals surface area contributed by atoms with E-state index in [2.05, 4.69) is 17.1 Å². The lowest BCUT2D eigenvalue weighted by Gasteiger charge is -2.33. The van der Waals surface area contributed by atoms with E-state index in [0.29, 0.717) is 0 Å². The molecule has 1 aromatic carbocycles. The van der Waals surface area contributed by atoms with Gasteiger partial charge in [-0.3, -0.25) is 4.98 Å². The lowest BCUT2D eigenvalue weighted by atomic mass is 9.67. The predicted molar refractivity (Wildman–Crippen MR) is 117 cm³/mol. The van der Waals surface area contributed by atoms with E-state index in [1.165, 1.54) is 18.4 Å². The Morgan fingerprint density at radius 2 is 1.90 bits per heavy atom. The van der Waals surface area contributed by atoms with E-state index in [-0.39, 0.29) is 12.0 Å². The maximum absolute atomic E-state index is 10.3. The van der Waals surface area contributed by atoms with E-state index in [0.717, 1.165) is 42.7 Å². The summed E-state index contributed by atoms with van der Waals surface area (Å²) in [4.78, 5) is 4.10. The molecular formula is C26H28N2O2. The molecule has 0 N–H and O–H groups in total. The molecule has 0 saturated heterocycles. The Morgan fingerprint density at radius 1 is 1.10 bits per heavy atom. The first-order valence-electron chi connectivity index (χ1n) is 10.8. The zero-order chi connectivity index (χ0) is 20.8. The number of aryl methyl sites for hydroxylation is 1. The van der Waals surface area contributed by atoms with Crippen LogP contribution in [0.1, 0.15) is 43.2 Å². The molecule has 0 spiro atoms. The van der Waals surface area contributed by atoms with Gasteiger partial charge in [0.2, 0.25) is 0 Å². The maximum Gasteiger partial charge on any atom is 0.161 e. The van der Waals surface area contributed by atoms with Crippen LogP contribution in [0.15, 0.2) is 67.0 Å². The highest BCUT2D eigenvalue weighted by atomic mass is 16.5. The molecule has 0 aliphatic heterocycles. The number of ether oxygens (including phenoxy) is 2. The summed E-state index contributed by atoms with van der Waals surface area (Å²) in [5, 5.41) is 10.3. The van der Waals surface area contributed by atoms with Crippen molar-refractivity contribution in [1.29, 1.82) is 5.26 Å². The largest absolute Gasteiger partial charge is 0.493 e. The van der Waals surface area contributed by atoms with E-state index >= 15 is 0 Å². The lowest BCUT2D eigenvalue weighted by Crippen LogP contribution is -2.32. The molecule has 2 aliphatic rings. The fourth-order valence-electron chi connectivity index (χ4n) is 4.58. The van der Waals surface area contributed by atoms with Crippen LogP contribution >= 0.6 is 0 Å². The van der Waals surface area contributed by atoms with E-state index in [1.807, 2.05) is 61.0 Å². The van der Waals surface area contributed by atoms with Crippen LogP contribution < -0.4 is 9.47 Å². The molecule has 1 fully saturated rings. The molecule has 4 heteroatoms. The van der Waals surface area contributed by atoms with Gasteiger partial charge in [-0.25, -0.2) is 0 Å². The van der Waals surface area contributed by atoms with E-state index in [1.54, 1.807) is 7.11 Å². The number of hydrogen-bond donors (Lipinski definition) is 0. The maximum atomic E-state index is 10.3. The standard InChI is InChI=1S/C26H28N2O2/c1-29-24-12-11-22(18-25(24)30-23-7-2-3-8-23)26(19-27)15-5-4-6-21(26)10-9-20-13-16-28-17-14-20/h4-6,11-18,21,23H,2-3,7-10H2,1H3. The van der Waals surface area contributed by atoms with Crippen LogP contribution in [0.5, 0.6) is 11.5 Å². The average molecular weight is 401 g/mol. The highest BCUT2D eigenvalue weighted by molar-refractivity contribution is 5.51. The van der Waals surface area contributed by atoms with Gasteiger partial charge in [-0.05, 0) is 73.9 Å². The number of methoxy groups -OCH3 is 1. The Balaban J connectivity index is 1.63. The molecule has 2 atom stereocenters. The van der Waals surface area contributed by atoms with Gasteiger partial charge in [0.05, 0.1) is 19.3 Å². The second-order valence-electron chi connectivity index (χ2n) is 8.12. The van der Waals surface area contributed by atoms with Crippen molar-refractivity contribution in [2.24, 2.45) is 5.92 Å². The molecular weight excluding hydrogens is 372 g/mol. The quantitative estimate of drug-likeness (QED) is 0.612. The first kappa shape index (κ1) is 20.2. The summed E-state index contributed by atoms with van der Waals surface area (Å²) in [6, 6.07) is 12.7. The number of nitrogens with zero attached hydrogens (tertiary/aromatic N) is 2. The summed E-state index contributed by atoms with van der Waals surface area (Å²) < 4.78 is 11.9. The monoisotopic (exact) mass is 400 g/mol. The lowest BCUT2D eigenvalue weighted by molar-refractivity contribution is 0.200. The van der Waals surface area contributed by atoms with Gasteiger partial charge in [0.15, 0.2) is 11.5 Å². The van der Waals surface area contributed by atoms with E-state index in [4.69, 9.17) is 9.47 Å². The summed E-state index contributed by atoms with van der Waals surface area (Å²) in [6.07, 6.45) is 18.4. The first-order valence-corrected chi connectivity index (χ1v) is 10.8. The summed E-state index contributed by atoms with van der Waals surface area (Å²) in [7, 11) is 1.66. The second-order valence-corrected chi connectivity index (χ2v) is 8.12. The molecule has 2 unspecified atom stereocenters. The number of pyridine rings is 1. The number of benzene rings is 1. The van der Waals surface area contributed by atoms with Gasteiger partial charge in [-0.2, -0.15) is 5.26 Å². The zero-order valence-corrected chi connectivity index (χ0v) is 17.5. The Bertz CT molecular complexity index is 955. The molecule has 0 radical (unpaired) electrons. The molecule has 1 aromatic heterocycles. The fourth-order valence-corrected chi connectivity index (χ4v) is 4.58. The molecule has 1 heterocycles. The summed E-state index contributed by atoms with van der Waals surface area (Å²) in [5.74, 6) is 1.54. The Hall–Kier alpha value is -3.06. The first-order chi connectivity index (χ1) is 14.7. The van der Waals surface area contributed by atoms with Crippen LogP contribution in [0.3, 0.4) is 0 Å². The minimum Gasteiger partial charge on any atom is -0.493 e. The minimum absolute atomic E-state index is 0.0772. The Labute approximate surface area is 178 Å². The van der Waals surface area contributed by atoms with E-state index in [9.17, 15) is 5.26 Å². The van der Waals surface area contributed by atoms with Crippen molar-refractivity contribution in [1.82, 2.24) is 4.98 Å². The molecule has 30 heavy (non-hydrogen) atoms. The van der Waals surface area contributed by atoms with Gasteiger partial charge in [-0.15, -0.1) is 0 Å². The van der Waals surface area contributed by atoms with Gasteiger partial charge >= 0.3 is 0 Å². The summed E-state index contributed by atoms with van der Waals surface area (Å²) in [6.45, 7) is 0. The SMILES string of the molecule is COc1ccc(C2(C#N)C=CC=CC2CCc2ccncc2)cc1OC1CCCC1. The van der Waals surface area contributed by atoms with Gasteiger partial charge < -0.3 is 9.47 Å². The average Bonchev–Trinajstić information content (AvgIpc) is 3.31. The van der Waals surface area contributed by atoms with Crippen molar-refractivity contribution in [2.45, 2.75) is 50.0 Å². The summed E-state index contributed by atoms with van der Waals surface area (Å²) in [5.41, 5.74) is 1.47. The van der Waals surface area contributed by atoms with Crippen molar-refractivity contribution >= 4 is 0 Å². The van der Waals surface area contributed by atoms with Crippen LogP contribution in [-0.2, 0) is 11.8 Å². The molecule has 1 saturated carbocycles. The second kappa shape index (κ2) is 9.17. The highest BCUT2D eigenvalue weighted by Gasteiger charge is 2.39.